The summed E-state index contributed by atoms with van der Waals surface area (Å²) in [7, 11) is 0. The molecule has 1 aliphatic rings. The molecule has 0 aromatic rings. The summed E-state index contributed by atoms with van der Waals surface area (Å²) in [6.07, 6.45) is 0. The first-order valence-corrected chi connectivity index (χ1v) is 5.38. The van der Waals surface area contributed by atoms with Crippen molar-refractivity contribution in [1.29, 1.82) is 0 Å². The highest BCUT2D eigenvalue weighted by Crippen LogP contribution is 2.15. The highest BCUT2D eigenvalue weighted by Gasteiger charge is 2.22. The molecule has 0 saturated carbocycles. The molecular formula is C7H12ClNOS. The van der Waals surface area contributed by atoms with Crippen LogP contribution in [0.1, 0.15) is 6.92 Å². The third kappa shape index (κ3) is 2.27. The molecule has 64 valence electrons. The Labute approximate surface area is 76.3 Å². The molecule has 0 aromatic carbocycles. The van der Waals surface area contributed by atoms with Crippen LogP contribution in [0.5, 0.6) is 0 Å². The van der Waals surface area contributed by atoms with Gasteiger partial charge in [-0.1, -0.05) is 0 Å². The summed E-state index contributed by atoms with van der Waals surface area (Å²) in [5.74, 6) is 2.28. The zero-order chi connectivity index (χ0) is 8.27. The predicted molar refractivity (Wildman–Crippen MR) is 49.2 cm³/mol. The number of carbonyl (C=O) groups is 1. The van der Waals surface area contributed by atoms with Crippen LogP contribution < -0.4 is 0 Å². The Morgan fingerprint density at radius 3 is 3.09 bits per heavy atom. The second kappa shape index (κ2) is 4.21. The van der Waals surface area contributed by atoms with Gasteiger partial charge in [0.2, 0.25) is 5.91 Å². The zero-order valence-electron chi connectivity index (χ0n) is 6.55. The molecule has 1 fully saturated rings. The van der Waals surface area contributed by atoms with E-state index in [1.54, 1.807) is 0 Å². The number of nitrogens with zero attached hydrogens (tertiary/aromatic N) is 1. The van der Waals surface area contributed by atoms with Crippen molar-refractivity contribution >= 4 is 29.3 Å². The van der Waals surface area contributed by atoms with Crippen molar-refractivity contribution < 1.29 is 4.79 Å². The lowest BCUT2D eigenvalue weighted by atomic mass is 10.3. The Kier molecular flexibility index (Phi) is 3.52. The minimum absolute atomic E-state index is 0.0690. The van der Waals surface area contributed by atoms with Gasteiger partial charge in [0.1, 0.15) is 5.88 Å². The van der Waals surface area contributed by atoms with Crippen LogP contribution in [0.2, 0.25) is 0 Å². The molecule has 1 heterocycles. The van der Waals surface area contributed by atoms with Gasteiger partial charge in [0, 0.05) is 24.1 Å². The highest BCUT2D eigenvalue weighted by atomic mass is 35.5. The second-order valence-electron chi connectivity index (χ2n) is 2.64. The van der Waals surface area contributed by atoms with E-state index in [9.17, 15) is 4.79 Å². The average molecular weight is 194 g/mol. The number of hydrogen-bond acceptors (Lipinski definition) is 2. The number of thioether (sulfide) groups is 1. The van der Waals surface area contributed by atoms with Gasteiger partial charge in [0.15, 0.2) is 0 Å². The minimum atomic E-state index is 0.0690. The summed E-state index contributed by atoms with van der Waals surface area (Å²) >= 11 is 7.35. The van der Waals surface area contributed by atoms with Crippen molar-refractivity contribution in [3.63, 3.8) is 0 Å². The van der Waals surface area contributed by atoms with E-state index in [1.165, 1.54) is 0 Å². The second-order valence-corrected chi connectivity index (χ2v) is 4.06. The monoisotopic (exact) mass is 193 g/mol. The van der Waals surface area contributed by atoms with Crippen molar-refractivity contribution in [3.8, 4) is 0 Å². The molecule has 1 amide bonds. The predicted octanol–water partition coefficient (Wildman–Crippen LogP) is 1.19. The lowest BCUT2D eigenvalue weighted by Gasteiger charge is -2.32. The first kappa shape index (κ1) is 9.20. The fraction of sp³-hybridized carbons (Fsp3) is 0.857. The Balaban J connectivity index is 2.47. The van der Waals surface area contributed by atoms with Gasteiger partial charge in [-0.05, 0) is 6.92 Å². The molecule has 1 atom stereocenters. The molecule has 1 aliphatic heterocycles. The van der Waals surface area contributed by atoms with Crippen LogP contribution in [0.25, 0.3) is 0 Å². The standard InChI is InChI=1S/C7H12ClNOS/c1-6-5-11-3-2-9(6)7(10)4-8/h6H,2-5H2,1H3. The summed E-state index contributed by atoms with van der Waals surface area (Å²) in [5.41, 5.74) is 0. The van der Waals surface area contributed by atoms with E-state index in [1.807, 2.05) is 16.7 Å². The molecule has 2 nitrogen and oxygen atoms in total. The fourth-order valence-corrected chi connectivity index (χ4v) is 2.34. The molecule has 0 bridgehead atoms. The van der Waals surface area contributed by atoms with Gasteiger partial charge >= 0.3 is 0 Å². The molecule has 0 radical (unpaired) electrons. The Morgan fingerprint density at radius 1 is 1.82 bits per heavy atom. The molecule has 1 saturated heterocycles. The van der Waals surface area contributed by atoms with Crippen molar-refractivity contribution in [2.45, 2.75) is 13.0 Å². The topological polar surface area (TPSA) is 20.3 Å². The van der Waals surface area contributed by atoms with Gasteiger partial charge in [0.05, 0.1) is 0 Å². The molecular weight excluding hydrogens is 182 g/mol. The Hall–Kier alpha value is 0.110. The molecule has 11 heavy (non-hydrogen) atoms. The van der Waals surface area contributed by atoms with Crippen molar-refractivity contribution in [1.82, 2.24) is 4.90 Å². The third-order valence-corrected chi connectivity index (χ3v) is 3.22. The van der Waals surface area contributed by atoms with E-state index in [0.717, 1.165) is 18.1 Å². The molecule has 0 aromatic heterocycles. The van der Waals surface area contributed by atoms with Crippen LogP contribution in [0.4, 0.5) is 0 Å². The average Bonchev–Trinajstić information content (AvgIpc) is 2.04. The van der Waals surface area contributed by atoms with Gasteiger partial charge in [-0.3, -0.25) is 4.79 Å². The van der Waals surface area contributed by atoms with Crippen LogP contribution in [-0.2, 0) is 4.79 Å². The molecule has 0 aliphatic carbocycles. The summed E-state index contributed by atoms with van der Waals surface area (Å²) in [6.45, 7) is 2.92. The van der Waals surface area contributed by atoms with Gasteiger partial charge in [-0.2, -0.15) is 11.8 Å². The lowest BCUT2D eigenvalue weighted by Crippen LogP contribution is -2.45. The van der Waals surface area contributed by atoms with Gasteiger partial charge in [-0.25, -0.2) is 0 Å². The summed E-state index contributed by atoms with van der Waals surface area (Å²) in [5, 5.41) is 0. The Bertz CT molecular complexity index is 153. The first-order chi connectivity index (χ1) is 5.25. The number of amides is 1. The quantitative estimate of drug-likeness (QED) is 0.584. The van der Waals surface area contributed by atoms with E-state index in [4.69, 9.17) is 11.6 Å². The molecule has 0 N–H and O–H groups in total. The van der Waals surface area contributed by atoms with Gasteiger partial charge in [0.25, 0.3) is 0 Å². The van der Waals surface area contributed by atoms with Crippen LogP contribution in [0.15, 0.2) is 0 Å². The largest absolute Gasteiger partial charge is 0.337 e. The molecule has 1 rings (SSSR count). The van der Waals surface area contributed by atoms with Crippen LogP contribution in [0, 0.1) is 0 Å². The number of hydrogen-bond donors (Lipinski definition) is 0. The highest BCUT2D eigenvalue weighted by molar-refractivity contribution is 7.99. The van der Waals surface area contributed by atoms with Crippen molar-refractivity contribution in [3.05, 3.63) is 0 Å². The van der Waals surface area contributed by atoms with E-state index < -0.39 is 0 Å². The maximum absolute atomic E-state index is 11.2. The summed E-state index contributed by atoms with van der Waals surface area (Å²) in [6, 6.07) is 0.361. The van der Waals surface area contributed by atoms with E-state index in [2.05, 4.69) is 6.92 Å². The number of rotatable bonds is 1. The minimum Gasteiger partial charge on any atom is -0.337 e. The maximum Gasteiger partial charge on any atom is 0.237 e. The van der Waals surface area contributed by atoms with E-state index >= 15 is 0 Å². The summed E-state index contributed by atoms with van der Waals surface area (Å²) in [4.78, 5) is 13.0. The van der Waals surface area contributed by atoms with Gasteiger partial charge in [-0.15, -0.1) is 11.6 Å². The fourth-order valence-electron chi connectivity index (χ4n) is 1.17. The van der Waals surface area contributed by atoms with Crippen molar-refractivity contribution in [2.24, 2.45) is 0 Å². The number of carbonyl (C=O) groups excluding carboxylic acids is 1. The first-order valence-electron chi connectivity index (χ1n) is 3.69. The summed E-state index contributed by atoms with van der Waals surface area (Å²) < 4.78 is 0. The number of alkyl halides is 1. The SMILES string of the molecule is CC1CSCCN1C(=O)CCl. The zero-order valence-corrected chi connectivity index (χ0v) is 8.12. The number of halogens is 1. The van der Waals surface area contributed by atoms with E-state index in [-0.39, 0.29) is 11.8 Å². The Morgan fingerprint density at radius 2 is 2.55 bits per heavy atom. The normalized spacial score (nSPS) is 25.3. The smallest absolute Gasteiger partial charge is 0.237 e. The van der Waals surface area contributed by atoms with Crippen LogP contribution in [-0.4, -0.2) is 40.8 Å². The lowest BCUT2D eigenvalue weighted by molar-refractivity contribution is -0.129. The molecule has 4 heteroatoms. The van der Waals surface area contributed by atoms with Crippen LogP contribution in [0.3, 0.4) is 0 Å². The molecule has 1 unspecified atom stereocenters. The van der Waals surface area contributed by atoms with Gasteiger partial charge < -0.3 is 4.90 Å². The maximum atomic E-state index is 11.2. The third-order valence-electron chi connectivity index (χ3n) is 1.80. The van der Waals surface area contributed by atoms with Crippen LogP contribution >= 0.6 is 23.4 Å². The molecule has 0 spiro atoms. The van der Waals surface area contributed by atoms with E-state index in [0.29, 0.717) is 6.04 Å². The van der Waals surface area contributed by atoms with Crippen molar-refractivity contribution in [2.75, 3.05) is 23.9 Å².